The van der Waals surface area contributed by atoms with Gasteiger partial charge in [-0.3, -0.25) is 0 Å². The molecule has 1 atom stereocenters. The Bertz CT molecular complexity index is 941. The Morgan fingerprint density at radius 3 is 2.38 bits per heavy atom. The first-order valence-electron chi connectivity index (χ1n) is 10.9. The number of hydrogen-bond donors (Lipinski definition) is 5. The van der Waals surface area contributed by atoms with Crippen molar-refractivity contribution in [2.45, 2.75) is 32.0 Å². The van der Waals surface area contributed by atoms with Crippen LogP contribution in [0.3, 0.4) is 0 Å². The molecule has 0 saturated carbocycles. The number of aliphatic hydroxyl groups is 2. The second-order valence-corrected chi connectivity index (χ2v) is 7.68. The Morgan fingerprint density at radius 1 is 0.875 bits per heavy atom. The van der Waals surface area contributed by atoms with Gasteiger partial charge >= 0.3 is 6.03 Å². The summed E-state index contributed by atoms with van der Waals surface area (Å²) in [6, 6.07) is 21.3. The van der Waals surface area contributed by atoms with Crippen LogP contribution in [0.2, 0.25) is 0 Å². The van der Waals surface area contributed by atoms with Gasteiger partial charge in [0.1, 0.15) is 5.76 Å². The molecule has 0 aliphatic heterocycles. The largest absolute Gasteiger partial charge is 0.445 e. The number of rotatable bonds is 12. The van der Waals surface area contributed by atoms with Crippen LogP contribution in [-0.2, 0) is 19.4 Å². The van der Waals surface area contributed by atoms with Crippen LogP contribution in [0.25, 0.3) is 0 Å². The van der Waals surface area contributed by atoms with Crippen molar-refractivity contribution in [3.8, 4) is 0 Å². The van der Waals surface area contributed by atoms with Gasteiger partial charge in [-0.1, -0.05) is 54.6 Å². The van der Waals surface area contributed by atoms with Crippen molar-refractivity contribution in [1.82, 2.24) is 10.6 Å². The molecule has 3 aromatic rings. The van der Waals surface area contributed by atoms with Crippen molar-refractivity contribution >= 4 is 11.9 Å². The van der Waals surface area contributed by atoms with Crippen LogP contribution in [0.1, 0.15) is 28.9 Å². The van der Waals surface area contributed by atoms with E-state index in [1.54, 1.807) is 0 Å². The van der Waals surface area contributed by atoms with Crippen molar-refractivity contribution < 1.29 is 19.4 Å². The molecule has 1 unspecified atom stereocenters. The van der Waals surface area contributed by atoms with Gasteiger partial charge in [0.15, 0.2) is 5.88 Å². The van der Waals surface area contributed by atoms with Gasteiger partial charge < -0.3 is 30.6 Å². The van der Waals surface area contributed by atoms with Crippen LogP contribution in [0.5, 0.6) is 0 Å². The Morgan fingerprint density at radius 2 is 1.62 bits per heavy atom. The first-order chi connectivity index (χ1) is 15.6. The number of anilines is 1. The number of urea groups is 1. The fourth-order valence-electron chi connectivity index (χ4n) is 3.23. The van der Waals surface area contributed by atoms with Crippen molar-refractivity contribution in [3.05, 3.63) is 89.2 Å². The van der Waals surface area contributed by atoms with Gasteiger partial charge in [-0.2, -0.15) is 0 Å². The lowest BCUT2D eigenvalue weighted by Gasteiger charge is -2.13. The first-order valence-corrected chi connectivity index (χ1v) is 10.9. The summed E-state index contributed by atoms with van der Waals surface area (Å²) in [5.41, 5.74) is 3.22. The lowest BCUT2D eigenvalue weighted by molar-refractivity contribution is 0.181. The van der Waals surface area contributed by atoms with E-state index in [0.717, 1.165) is 29.7 Å². The molecule has 2 amide bonds. The molecule has 1 heterocycles. The average Bonchev–Trinajstić information content (AvgIpc) is 3.27. The second kappa shape index (κ2) is 12.5. The molecule has 0 radical (unpaired) electrons. The van der Waals surface area contributed by atoms with E-state index in [4.69, 9.17) is 9.52 Å². The first kappa shape index (κ1) is 23.4. The summed E-state index contributed by atoms with van der Waals surface area (Å²) in [5, 5.41) is 27.7. The maximum atomic E-state index is 11.9. The summed E-state index contributed by atoms with van der Waals surface area (Å²) in [6.07, 6.45) is 1.61. The SMILES string of the molecule is O=C(NCCCc1ccc(CO)cc1)NCC(O)CNc1ccc(Cc2ccccc2)o1. The summed E-state index contributed by atoms with van der Waals surface area (Å²) in [4.78, 5) is 11.9. The minimum atomic E-state index is -0.742. The number of nitrogens with one attached hydrogen (secondary N) is 3. The second-order valence-electron chi connectivity index (χ2n) is 7.68. The monoisotopic (exact) mass is 437 g/mol. The van der Waals surface area contributed by atoms with Crippen LogP contribution >= 0.6 is 0 Å². The normalized spacial score (nSPS) is 11.7. The van der Waals surface area contributed by atoms with E-state index in [-0.39, 0.29) is 25.7 Å². The minimum Gasteiger partial charge on any atom is -0.445 e. The van der Waals surface area contributed by atoms with Crippen LogP contribution in [0.4, 0.5) is 10.7 Å². The van der Waals surface area contributed by atoms with Gasteiger partial charge in [0.05, 0.1) is 12.7 Å². The molecule has 32 heavy (non-hydrogen) atoms. The van der Waals surface area contributed by atoms with E-state index in [2.05, 4.69) is 16.0 Å². The van der Waals surface area contributed by atoms with Crippen molar-refractivity contribution in [2.24, 2.45) is 0 Å². The van der Waals surface area contributed by atoms with E-state index in [1.165, 1.54) is 5.56 Å². The number of aliphatic hydroxyl groups excluding tert-OH is 2. The number of carbonyl (C=O) groups excluding carboxylic acids is 1. The molecule has 170 valence electrons. The summed E-state index contributed by atoms with van der Waals surface area (Å²) in [5.74, 6) is 1.43. The van der Waals surface area contributed by atoms with Crippen LogP contribution in [-0.4, -0.2) is 42.0 Å². The van der Waals surface area contributed by atoms with Gasteiger partial charge in [0, 0.05) is 32.1 Å². The Kier molecular flexibility index (Phi) is 9.16. The van der Waals surface area contributed by atoms with E-state index in [0.29, 0.717) is 18.8 Å². The zero-order chi connectivity index (χ0) is 22.6. The summed E-state index contributed by atoms with van der Waals surface area (Å²) in [6.45, 7) is 0.986. The molecule has 0 bridgehead atoms. The highest BCUT2D eigenvalue weighted by atomic mass is 16.4. The molecule has 5 N–H and O–H groups in total. The third-order valence-corrected chi connectivity index (χ3v) is 5.03. The third kappa shape index (κ3) is 8.09. The third-order valence-electron chi connectivity index (χ3n) is 5.03. The predicted octanol–water partition coefficient (Wildman–Crippen LogP) is 3.07. The van der Waals surface area contributed by atoms with Gasteiger partial charge in [0.2, 0.25) is 0 Å². The Hall–Kier alpha value is -3.29. The molecule has 2 aromatic carbocycles. The average molecular weight is 438 g/mol. The number of amides is 2. The van der Waals surface area contributed by atoms with E-state index in [1.807, 2.05) is 66.7 Å². The number of hydrogen-bond acceptors (Lipinski definition) is 5. The van der Waals surface area contributed by atoms with Gasteiger partial charge in [-0.25, -0.2) is 4.79 Å². The molecule has 0 aliphatic rings. The van der Waals surface area contributed by atoms with Crippen LogP contribution in [0, 0.1) is 0 Å². The maximum Gasteiger partial charge on any atom is 0.314 e. The van der Waals surface area contributed by atoms with Gasteiger partial charge in [0.25, 0.3) is 0 Å². The molecule has 0 saturated heterocycles. The summed E-state index contributed by atoms with van der Waals surface area (Å²) >= 11 is 0. The number of carbonyl (C=O) groups is 1. The van der Waals surface area contributed by atoms with Crippen molar-refractivity contribution in [1.29, 1.82) is 0 Å². The number of furan rings is 1. The summed E-state index contributed by atoms with van der Waals surface area (Å²) in [7, 11) is 0. The molecular weight excluding hydrogens is 406 g/mol. The number of benzene rings is 2. The number of aryl methyl sites for hydroxylation is 1. The van der Waals surface area contributed by atoms with Crippen molar-refractivity contribution in [2.75, 3.05) is 25.0 Å². The Labute approximate surface area is 188 Å². The van der Waals surface area contributed by atoms with Gasteiger partial charge in [-0.05, 0) is 35.6 Å². The quantitative estimate of drug-likeness (QED) is 0.280. The maximum absolute atomic E-state index is 11.9. The minimum absolute atomic E-state index is 0.0419. The molecule has 1 aromatic heterocycles. The highest BCUT2D eigenvalue weighted by molar-refractivity contribution is 5.73. The fraction of sp³-hybridized carbons (Fsp3) is 0.320. The van der Waals surface area contributed by atoms with Crippen molar-refractivity contribution in [3.63, 3.8) is 0 Å². The fourth-order valence-corrected chi connectivity index (χ4v) is 3.23. The zero-order valence-electron chi connectivity index (χ0n) is 18.1. The zero-order valence-corrected chi connectivity index (χ0v) is 18.1. The lowest BCUT2D eigenvalue weighted by Crippen LogP contribution is -2.41. The molecule has 7 heteroatoms. The van der Waals surface area contributed by atoms with Crippen LogP contribution in [0.15, 0.2) is 71.1 Å². The molecule has 3 rings (SSSR count). The molecule has 0 spiro atoms. The van der Waals surface area contributed by atoms with E-state index >= 15 is 0 Å². The highest BCUT2D eigenvalue weighted by Crippen LogP contribution is 2.16. The lowest BCUT2D eigenvalue weighted by atomic mass is 10.1. The predicted molar refractivity (Wildman–Crippen MR) is 125 cm³/mol. The molecule has 0 aliphatic carbocycles. The van der Waals surface area contributed by atoms with E-state index < -0.39 is 6.10 Å². The highest BCUT2D eigenvalue weighted by Gasteiger charge is 2.09. The summed E-state index contributed by atoms with van der Waals surface area (Å²) < 4.78 is 5.74. The van der Waals surface area contributed by atoms with Crippen LogP contribution < -0.4 is 16.0 Å². The van der Waals surface area contributed by atoms with Gasteiger partial charge in [-0.15, -0.1) is 0 Å². The molecule has 0 fully saturated rings. The molecular formula is C25H31N3O4. The topological polar surface area (TPSA) is 107 Å². The van der Waals surface area contributed by atoms with E-state index in [9.17, 15) is 9.90 Å². The smallest absolute Gasteiger partial charge is 0.314 e. The molecule has 7 nitrogen and oxygen atoms in total. The standard InChI is InChI=1S/C25H31N3O4/c29-18-21-10-8-19(9-11-21)7-4-14-26-25(31)28-17-22(30)16-27-24-13-12-23(32-24)15-20-5-2-1-3-6-20/h1-3,5-6,8-13,22,27,29-30H,4,7,14-18H2,(H2,26,28,31). The Balaban J connectivity index is 1.26.